The van der Waals surface area contributed by atoms with Gasteiger partial charge in [0.1, 0.15) is 0 Å². The Labute approximate surface area is 77.6 Å². The number of hydrogen-bond acceptors (Lipinski definition) is 1. The molecule has 2 heteroatoms. The summed E-state index contributed by atoms with van der Waals surface area (Å²) in [6.07, 6.45) is 3.00. The van der Waals surface area contributed by atoms with E-state index in [0.717, 1.165) is 11.2 Å². The van der Waals surface area contributed by atoms with Crippen LogP contribution in [0.4, 0.5) is 0 Å². The zero-order chi connectivity index (χ0) is 8.48. The van der Waals surface area contributed by atoms with Gasteiger partial charge in [-0.15, -0.1) is 0 Å². The first kappa shape index (κ1) is 9.53. The summed E-state index contributed by atoms with van der Waals surface area (Å²) >= 11 is 3.48. The highest BCUT2D eigenvalue weighted by atomic mass is 79.9. The lowest BCUT2D eigenvalue weighted by atomic mass is 9.83. The molecule has 0 aromatic rings. The molecule has 0 bridgehead atoms. The summed E-state index contributed by atoms with van der Waals surface area (Å²) in [5, 5.41) is 1.14. The Kier molecular flexibility index (Phi) is 2.98. The van der Waals surface area contributed by atoms with Crippen LogP contribution in [0, 0.1) is 5.92 Å². The zero-order valence-corrected chi connectivity index (χ0v) is 9.15. The Morgan fingerprint density at radius 3 is 2.27 bits per heavy atom. The summed E-state index contributed by atoms with van der Waals surface area (Å²) in [4.78, 5) is 0. The predicted octanol–water partition coefficient (Wildman–Crippen LogP) is 2.98. The van der Waals surface area contributed by atoms with E-state index in [-0.39, 0.29) is 5.60 Å². The number of halogens is 1. The van der Waals surface area contributed by atoms with E-state index in [0.29, 0.717) is 6.10 Å². The second kappa shape index (κ2) is 3.44. The van der Waals surface area contributed by atoms with Gasteiger partial charge in [0.15, 0.2) is 0 Å². The van der Waals surface area contributed by atoms with E-state index in [1.165, 1.54) is 12.8 Å². The van der Waals surface area contributed by atoms with Gasteiger partial charge in [-0.3, -0.25) is 0 Å². The summed E-state index contributed by atoms with van der Waals surface area (Å²) < 4.78 is 5.78. The van der Waals surface area contributed by atoms with Gasteiger partial charge in [0, 0.05) is 5.33 Å². The first-order chi connectivity index (χ1) is 5.01. The fourth-order valence-electron chi connectivity index (χ4n) is 1.40. The summed E-state index contributed by atoms with van der Waals surface area (Å²) in [7, 11) is 0. The van der Waals surface area contributed by atoms with Crippen LogP contribution in [-0.4, -0.2) is 17.0 Å². The SMILES string of the molecule is CC(C)(C)OC1CC(CBr)C1. The van der Waals surface area contributed by atoms with Crippen molar-refractivity contribution < 1.29 is 4.74 Å². The van der Waals surface area contributed by atoms with Crippen molar-refractivity contribution >= 4 is 15.9 Å². The molecule has 0 atom stereocenters. The number of ether oxygens (including phenoxy) is 1. The molecule has 0 heterocycles. The fourth-order valence-corrected chi connectivity index (χ4v) is 1.93. The standard InChI is InChI=1S/C9H17BrO/c1-9(2,3)11-8-4-7(5-8)6-10/h7-8H,4-6H2,1-3H3. The molecular formula is C9H17BrO. The van der Waals surface area contributed by atoms with E-state index >= 15 is 0 Å². The first-order valence-corrected chi connectivity index (χ1v) is 5.37. The monoisotopic (exact) mass is 220 g/mol. The van der Waals surface area contributed by atoms with Crippen LogP contribution in [0.5, 0.6) is 0 Å². The van der Waals surface area contributed by atoms with Crippen molar-refractivity contribution in [2.24, 2.45) is 5.92 Å². The summed E-state index contributed by atoms with van der Waals surface area (Å²) in [5.41, 5.74) is 0.0436. The van der Waals surface area contributed by atoms with Crippen LogP contribution < -0.4 is 0 Å². The lowest BCUT2D eigenvalue weighted by Gasteiger charge is -2.38. The molecule has 11 heavy (non-hydrogen) atoms. The van der Waals surface area contributed by atoms with E-state index in [1.54, 1.807) is 0 Å². The maximum absolute atomic E-state index is 5.78. The fraction of sp³-hybridized carbons (Fsp3) is 1.00. The van der Waals surface area contributed by atoms with E-state index in [2.05, 4.69) is 36.7 Å². The second-order valence-corrected chi connectivity index (χ2v) is 4.99. The first-order valence-electron chi connectivity index (χ1n) is 4.25. The van der Waals surface area contributed by atoms with E-state index in [4.69, 9.17) is 4.74 Å². The van der Waals surface area contributed by atoms with Crippen molar-refractivity contribution in [2.75, 3.05) is 5.33 Å². The average molecular weight is 221 g/mol. The zero-order valence-electron chi connectivity index (χ0n) is 7.56. The topological polar surface area (TPSA) is 9.23 Å². The largest absolute Gasteiger partial charge is 0.373 e. The molecule has 0 unspecified atom stereocenters. The molecule has 66 valence electrons. The van der Waals surface area contributed by atoms with Crippen molar-refractivity contribution in [1.82, 2.24) is 0 Å². The van der Waals surface area contributed by atoms with Crippen molar-refractivity contribution in [3.63, 3.8) is 0 Å². The predicted molar refractivity (Wildman–Crippen MR) is 51.1 cm³/mol. The normalized spacial score (nSPS) is 31.6. The van der Waals surface area contributed by atoms with Gasteiger partial charge in [0.2, 0.25) is 0 Å². The van der Waals surface area contributed by atoms with Gasteiger partial charge >= 0.3 is 0 Å². The average Bonchev–Trinajstić information content (AvgIpc) is 1.75. The Balaban J connectivity index is 2.14. The molecule has 1 nitrogen and oxygen atoms in total. The van der Waals surface area contributed by atoms with Crippen LogP contribution in [0.2, 0.25) is 0 Å². The molecule has 0 spiro atoms. The molecule has 0 saturated heterocycles. The Morgan fingerprint density at radius 2 is 1.91 bits per heavy atom. The van der Waals surface area contributed by atoms with Crippen LogP contribution >= 0.6 is 15.9 Å². The van der Waals surface area contributed by atoms with Gasteiger partial charge in [0.25, 0.3) is 0 Å². The van der Waals surface area contributed by atoms with Crippen LogP contribution in [-0.2, 0) is 4.74 Å². The molecule has 0 N–H and O–H groups in total. The molecule has 0 aromatic heterocycles. The third-order valence-corrected chi connectivity index (χ3v) is 2.85. The van der Waals surface area contributed by atoms with Crippen LogP contribution in [0.15, 0.2) is 0 Å². The Morgan fingerprint density at radius 1 is 1.36 bits per heavy atom. The number of hydrogen-bond donors (Lipinski definition) is 0. The van der Waals surface area contributed by atoms with Crippen LogP contribution in [0.3, 0.4) is 0 Å². The third-order valence-electron chi connectivity index (χ3n) is 1.93. The minimum absolute atomic E-state index is 0.0436. The smallest absolute Gasteiger partial charge is 0.0602 e. The lowest BCUT2D eigenvalue weighted by Crippen LogP contribution is -2.37. The number of alkyl halides is 1. The van der Waals surface area contributed by atoms with Gasteiger partial charge in [-0.2, -0.15) is 0 Å². The van der Waals surface area contributed by atoms with Crippen molar-refractivity contribution in [3.05, 3.63) is 0 Å². The van der Waals surface area contributed by atoms with Crippen LogP contribution in [0.25, 0.3) is 0 Å². The number of rotatable bonds is 2. The Bertz CT molecular complexity index is 122. The maximum Gasteiger partial charge on any atom is 0.0602 e. The van der Waals surface area contributed by atoms with Gasteiger partial charge in [0.05, 0.1) is 11.7 Å². The quantitative estimate of drug-likeness (QED) is 0.651. The van der Waals surface area contributed by atoms with Gasteiger partial charge < -0.3 is 4.74 Å². The minimum atomic E-state index is 0.0436. The molecular weight excluding hydrogens is 204 g/mol. The maximum atomic E-state index is 5.78. The molecule has 1 saturated carbocycles. The summed E-state index contributed by atoms with van der Waals surface area (Å²) in [5.74, 6) is 0.863. The van der Waals surface area contributed by atoms with Gasteiger partial charge in [-0.05, 0) is 39.5 Å². The molecule has 0 radical (unpaired) electrons. The van der Waals surface area contributed by atoms with E-state index in [9.17, 15) is 0 Å². The highest BCUT2D eigenvalue weighted by Gasteiger charge is 2.31. The highest BCUT2D eigenvalue weighted by molar-refractivity contribution is 9.09. The second-order valence-electron chi connectivity index (χ2n) is 4.34. The molecule has 1 aliphatic rings. The lowest BCUT2D eigenvalue weighted by molar-refractivity contribution is -0.107. The van der Waals surface area contributed by atoms with Crippen molar-refractivity contribution in [1.29, 1.82) is 0 Å². The molecule has 1 rings (SSSR count). The Hall–Kier alpha value is 0.440. The third kappa shape index (κ3) is 3.12. The van der Waals surface area contributed by atoms with E-state index < -0.39 is 0 Å². The molecule has 0 aliphatic heterocycles. The molecule has 0 aromatic carbocycles. The molecule has 1 aliphatic carbocycles. The van der Waals surface area contributed by atoms with Crippen molar-refractivity contribution in [3.8, 4) is 0 Å². The summed E-state index contributed by atoms with van der Waals surface area (Å²) in [6, 6.07) is 0. The van der Waals surface area contributed by atoms with Crippen LogP contribution in [0.1, 0.15) is 33.6 Å². The van der Waals surface area contributed by atoms with Crippen molar-refractivity contribution in [2.45, 2.75) is 45.3 Å². The summed E-state index contributed by atoms with van der Waals surface area (Å²) in [6.45, 7) is 6.36. The highest BCUT2D eigenvalue weighted by Crippen LogP contribution is 2.33. The molecule has 1 fully saturated rings. The van der Waals surface area contributed by atoms with Gasteiger partial charge in [-0.1, -0.05) is 15.9 Å². The van der Waals surface area contributed by atoms with Gasteiger partial charge in [-0.25, -0.2) is 0 Å². The minimum Gasteiger partial charge on any atom is -0.373 e. The molecule has 0 amide bonds. The van der Waals surface area contributed by atoms with E-state index in [1.807, 2.05) is 0 Å².